The first-order chi connectivity index (χ1) is 9.93. The van der Waals surface area contributed by atoms with Crippen LogP contribution in [0.25, 0.3) is 0 Å². The van der Waals surface area contributed by atoms with Crippen molar-refractivity contribution in [1.82, 2.24) is 25.0 Å². The number of rotatable bonds is 4. The minimum Gasteiger partial charge on any atom is -0.342 e. The van der Waals surface area contributed by atoms with Crippen LogP contribution in [0.4, 0.5) is 0 Å². The molecule has 21 heavy (non-hydrogen) atoms. The fourth-order valence-corrected chi connectivity index (χ4v) is 2.80. The molecule has 2 rings (SSSR count). The highest BCUT2D eigenvalue weighted by atomic mass is 16.2. The van der Waals surface area contributed by atoms with Gasteiger partial charge in [0.1, 0.15) is 17.7 Å². The summed E-state index contributed by atoms with van der Waals surface area (Å²) >= 11 is 0. The smallest absolute Gasteiger partial charge is 0.248 e. The first-order valence-corrected chi connectivity index (χ1v) is 7.38. The summed E-state index contributed by atoms with van der Waals surface area (Å²) in [6, 6.07) is -0.158. The van der Waals surface area contributed by atoms with Crippen molar-refractivity contribution in [3.63, 3.8) is 0 Å². The summed E-state index contributed by atoms with van der Waals surface area (Å²) in [7, 11) is 1.80. The number of amides is 2. The van der Waals surface area contributed by atoms with Gasteiger partial charge in [-0.2, -0.15) is 5.10 Å². The van der Waals surface area contributed by atoms with Crippen LogP contribution in [0.3, 0.4) is 0 Å². The molecule has 1 unspecified atom stereocenters. The quantitative estimate of drug-likeness (QED) is 0.882. The van der Waals surface area contributed by atoms with Gasteiger partial charge in [0.25, 0.3) is 0 Å². The Hall–Kier alpha value is -1.92. The van der Waals surface area contributed by atoms with Gasteiger partial charge in [0.05, 0.1) is 6.54 Å². The van der Waals surface area contributed by atoms with Crippen molar-refractivity contribution in [2.24, 2.45) is 7.05 Å². The minimum absolute atomic E-state index is 0.0335. The van der Waals surface area contributed by atoms with Crippen molar-refractivity contribution in [2.45, 2.75) is 58.2 Å². The molecule has 7 nitrogen and oxygen atoms in total. The van der Waals surface area contributed by atoms with Gasteiger partial charge >= 0.3 is 0 Å². The van der Waals surface area contributed by atoms with Gasteiger partial charge in [0.2, 0.25) is 11.8 Å². The summed E-state index contributed by atoms with van der Waals surface area (Å²) in [6.45, 7) is 6.12. The highest BCUT2D eigenvalue weighted by molar-refractivity contribution is 5.93. The first kappa shape index (κ1) is 15.5. The summed E-state index contributed by atoms with van der Waals surface area (Å²) < 4.78 is 1.65. The van der Waals surface area contributed by atoms with Crippen LogP contribution in [0.1, 0.15) is 45.9 Å². The Morgan fingerprint density at radius 2 is 2.05 bits per heavy atom. The maximum absolute atomic E-state index is 13.0. The highest BCUT2D eigenvalue weighted by Gasteiger charge is 2.44. The third-order valence-corrected chi connectivity index (χ3v) is 4.39. The van der Waals surface area contributed by atoms with Crippen LogP contribution in [-0.2, 0) is 23.2 Å². The lowest BCUT2D eigenvalue weighted by Gasteiger charge is -2.35. The van der Waals surface area contributed by atoms with Gasteiger partial charge in [0, 0.05) is 19.5 Å². The van der Waals surface area contributed by atoms with Gasteiger partial charge in [0.15, 0.2) is 0 Å². The number of aromatic nitrogens is 3. The molecular formula is C14H23N5O2. The summed E-state index contributed by atoms with van der Waals surface area (Å²) in [5.41, 5.74) is -0.805. The number of hydrogen-bond acceptors (Lipinski definition) is 4. The van der Waals surface area contributed by atoms with E-state index >= 15 is 0 Å². The van der Waals surface area contributed by atoms with Gasteiger partial charge in [-0.15, -0.1) is 0 Å². The SMILES string of the molecule is CCC1(CC)NC(=O)CC(C)N(Cc2ncnn2C)C1=O. The Morgan fingerprint density at radius 1 is 1.38 bits per heavy atom. The van der Waals surface area contributed by atoms with Crippen LogP contribution in [-0.4, -0.2) is 43.1 Å². The van der Waals surface area contributed by atoms with E-state index in [0.29, 0.717) is 31.6 Å². The maximum Gasteiger partial charge on any atom is 0.248 e. The molecule has 0 aliphatic carbocycles. The van der Waals surface area contributed by atoms with Crippen molar-refractivity contribution in [2.75, 3.05) is 0 Å². The zero-order valence-corrected chi connectivity index (χ0v) is 13.1. The van der Waals surface area contributed by atoms with Crippen LogP contribution in [0, 0.1) is 0 Å². The zero-order valence-electron chi connectivity index (χ0n) is 13.1. The summed E-state index contributed by atoms with van der Waals surface area (Å²) in [5.74, 6) is 0.611. The number of aryl methyl sites for hydroxylation is 1. The van der Waals surface area contributed by atoms with Crippen LogP contribution >= 0.6 is 0 Å². The van der Waals surface area contributed by atoms with E-state index in [1.807, 2.05) is 20.8 Å². The van der Waals surface area contributed by atoms with Crippen LogP contribution in [0.15, 0.2) is 6.33 Å². The second-order valence-corrected chi connectivity index (χ2v) is 5.62. The molecule has 0 saturated carbocycles. The van der Waals surface area contributed by atoms with E-state index in [-0.39, 0.29) is 17.9 Å². The Kier molecular flexibility index (Phi) is 4.29. The second-order valence-electron chi connectivity index (χ2n) is 5.62. The molecule has 7 heteroatoms. The average Bonchev–Trinajstić information content (AvgIpc) is 2.82. The third kappa shape index (κ3) is 2.77. The molecule has 1 aromatic rings. The topological polar surface area (TPSA) is 80.1 Å². The Bertz CT molecular complexity index is 535. The molecule has 1 aliphatic rings. The molecule has 1 atom stereocenters. The van der Waals surface area contributed by atoms with Crippen molar-refractivity contribution in [3.8, 4) is 0 Å². The predicted molar refractivity (Wildman–Crippen MR) is 77.1 cm³/mol. The molecule has 2 amide bonds. The molecule has 0 radical (unpaired) electrons. The van der Waals surface area contributed by atoms with E-state index < -0.39 is 5.54 Å². The Balaban J connectivity index is 2.34. The Morgan fingerprint density at radius 3 is 2.57 bits per heavy atom. The molecule has 0 spiro atoms. The van der Waals surface area contributed by atoms with Gasteiger partial charge < -0.3 is 10.2 Å². The fraction of sp³-hybridized carbons (Fsp3) is 0.714. The molecule has 1 aliphatic heterocycles. The van der Waals surface area contributed by atoms with Crippen molar-refractivity contribution in [3.05, 3.63) is 12.2 Å². The van der Waals surface area contributed by atoms with Crippen LogP contribution < -0.4 is 5.32 Å². The second kappa shape index (κ2) is 5.83. The summed E-state index contributed by atoms with van der Waals surface area (Å²) in [4.78, 5) is 31.0. The standard InChI is InChI=1S/C14H23N5O2/c1-5-14(6-2)13(21)19(10(3)7-12(20)17-14)8-11-15-9-16-18(11)4/h9-10H,5-8H2,1-4H3,(H,17,20). The molecule has 2 heterocycles. The van der Waals surface area contributed by atoms with Crippen LogP contribution in [0.2, 0.25) is 0 Å². The predicted octanol–water partition coefficient (Wildman–Crippen LogP) is 0.611. The lowest BCUT2D eigenvalue weighted by Crippen LogP contribution is -2.57. The number of carbonyl (C=O) groups is 2. The lowest BCUT2D eigenvalue weighted by molar-refractivity contribution is -0.141. The number of nitrogens with zero attached hydrogens (tertiary/aromatic N) is 4. The van der Waals surface area contributed by atoms with Crippen molar-refractivity contribution in [1.29, 1.82) is 0 Å². The molecule has 1 aromatic heterocycles. The average molecular weight is 293 g/mol. The summed E-state index contributed by atoms with van der Waals surface area (Å²) in [5, 5.41) is 6.96. The van der Waals surface area contributed by atoms with Gasteiger partial charge in [-0.25, -0.2) is 4.98 Å². The molecule has 116 valence electrons. The first-order valence-electron chi connectivity index (χ1n) is 7.38. The third-order valence-electron chi connectivity index (χ3n) is 4.39. The van der Waals surface area contributed by atoms with Crippen molar-refractivity contribution >= 4 is 11.8 Å². The largest absolute Gasteiger partial charge is 0.342 e. The molecule has 1 N–H and O–H groups in total. The Labute approximate surface area is 124 Å². The van der Waals surface area contributed by atoms with E-state index in [9.17, 15) is 9.59 Å². The molecule has 0 aromatic carbocycles. The van der Waals surface area contributed by atoms with E-state index in [2.05, 4.69) is 15.4 Å². The van der Waals surface area contributed by atoms with E-state index in [4.69, 9.17) is 0 Å². The number of nitrogens with one attached hydrogen (secondary N) is 1. The number of carbonyl (C=O) groups excluding carboxylic acids is 2. The maximum atomic E-state index is 13.0. The van der Waals surface area contributed by atoms with Crippen molar-refractivity contribution < 1.29 is 9.59 Å². The van der Waals surface area contributed by atoms with Gasteiger partial charge in [-0.1, -0.05) is 13.8 Å². The minimum atomic E-state index is -0.805. The fourth-order valence-electron chi connectivity index (χ4n) is 2.80. The summed E-state index contributed by atoms with van der Waals surface area (Å²) in [6.07, 6.45) is 2.94. The lowest BCUT2D eigenvalue weighted by atomic mass is 9.91. The monoisotopic (exact) mass is 293 g/mol. The normalized spacial score (nSPS) is 22.1. The van der Waals surface area contributed by atoms with E-state index in [1.54, 1.807) is 16.6 Å². The molecule has 1 saturated heterocycles. The van der Waals surface area contributed by atoms with Gasteiger partial charge in [-0.3, -0.25) is 14.3 Å². The molecular weight excluding hydrogens is 270 g/mol. The molecule has 1 fully saturated rings. The molecule has 0 bridgehead atoms. The highest BCUT2D eigenvalue weighted by Crippen LogP contribution is 2.25. The van der Waals surface area contributed by atoms with E-state index in [1.165, 1.54) is 6.33 Å². The van der Waals surface area contributed by atoms with Crippen LogP contribution in [0.5, 0.6) is 0 Å². The van der Waals surface area contributed by atoms with E-state index in [0.717, 1.165) is 0 Å². The number of hydrogen-bond donors (Lipinski definition) is 1. The zero-order chi connectivity index (χ0) is 15.6. The van der Waals surface area contributed by atoms with Gasteiger partial charge in [-0.05, 0) is 19.8 Å².